The molecule has 1 heteroatoms. The lowest BCUT2D eigenvalue weighted by Gasteiger charge is -2.22. The van der Waals surface area contributed by atoms with E-state index in [1.54, 1.807) is 5.57 Å². The number of hydrogen-bond acceptors (Lipinski definition) is 0. The Bertz CT molecular complexity index is 283. The summed E-state index contributed by atoms with van der Waals surface area (Å²) in [6, 6.07) is 0. The van der Waals surface area contributed by atoms with Gasteiger partial charge in [0, 0.05) is 11.6 Å². The molecule has 3 atom stereocenters. The summed E-state index contributed by atoms with van der Waals surface area (Å²) in [5.74, 6) is 3.20. The Morgan fingerprint density at radius 1 is 1.33 bits per heavy atom. The molecule has 0 N–H and O–H groups in total. The topological polar surface area (TPSA) is 0 Å². The van der Waals surface area contributed by atoms with Gasteiger partial charge >= 0.3 is 0 Å². The molecule has 2 rings (SSSR count). The van der Waals surface area contributed by atoms with E-state index in [0.29, 0.717) is 0 Å². The van der Waals surface area contributed by atoms with Gasteiger partial charge in [0.1, 0.15) is 0 Å². The monoisotopic (exact) mass is 178 g/mol. The van der Waals surface area contributed by atoms with Crippen LogP contribution < -0.4 is 0 Å². The van der Waals surface area contributed by atoms with E-state index < -0.39 is 0 Å². The van der Waals surface area contributed by atoms with Crippen molar-refractivity contribution >= 4 is 7.92 Å². The maximum atomic E-state index is 2.48. The van der Waals surface area contributed by atoms with Crippen LogP contribution in [-0.2, 0) is 0 Å². The molecule has 0 radical (unpaired) electrons. The molecule has 0 amide bonds. The number of hydrogen-bond donors (Lipinski definition) is 0. The van der Waals surface area contributed by atoms with E-state index in [9.17, 15) is 0 Å². The minimum absolute atomic E-state index is 0.126. The molecular weight excluding hydrogens is 163 g/mol. The third-order valence-electron chi connectivity index (χ3n) is 2.77. The van der Waals surface area contributed by atoms with Crippen molar-refractivity contribution in [2.75, 3.05) is 6.66 Å². The SMILES string of the molecule is CC1=CC2C(C)=CP(C)C2C=C1. The Morgan fingerprint density at radius 2 is 2.08 bits per heavy atom. The second kappa shape index (κ2) is 2.85. The highest BCUT2D eigenvalue weighted by Crippen LogP contribution is 2.54. The summed E-state index contributed by atoms with van der Waals surface area (Å²) in [5, 5.41) is 0. The van der Waals surface area contributed by atoms with Gasteiger partial charge < -0.3 is 0 Å². The van der Waals surface area contributed by atoms with Crippen molar-refractivity contribution < 1.29 is 0 Å². The zero-order valence-corrected chi connectivity index (χ0v) is 8.81. The second-order valence-corrected chi connectivity index (χ2v) is 6.01. The molecule has 1 aliphatic heterocycles. The molecule has 0 spiro atoms. The third kappa shape index (κ3) is 1.19. The Hall–Kier alpha value is -0.350. The van der Waals surface area contributed by atoms with Crippen LogP contribution >= 0.6 is 7.92 Å². The van der Waals surface area contributed by atoms with E-state index in [4.69, 9.17) is 0 Å². The lowest BCUT2D eigenvalue weighted by atomic mass is 9.91. The fourth-order valence-electron chi connectivity index (χ4n) is 2.09. The fraction of sp³-hybridized carbons (Fsp3) is 0.455. The van der Waals surface area contributed by atoms with Crippen LogP contribution in [0.4, 0.5) is 0 Å². The van der Waals surface area contributed by atoms with Crippen molar-refractivity contribution in [2.24, 2.45) is 5.92 Å². The standard InChI is InChI=1S/C11H15P/c1-8-4-5-11-10(6-8)9(2)7-12(11)3/h4-7,10-11H,1-3H3. The lowest BCUT2D eigenvalue weighted by Crippen LogP contribution is -2.13. The van der Waals surface area contributed by atoms with Gasteiger partial charge in [0.15, 0.2) is 0 Å². The smallest absolute Gasteiger partial charge is 0.0106 e. The molecule has 3 unspecified atom stereocenters. The van der Waals surface area contributed by atoms with Crippen molar-refractivity contribution in [3.8, 4) is 0 Å². The molecule has 1 heterocycles. The van der Waals surface area contributed by atoms with E-state index in [2.05, 4.69) is 44.6 Å². The minimum atomic E-state index is 0.126. The summed E-state index contributed by atoms with van der Waals surface area (Å²) in [4.78, 5) is 0. The summed E-state index contributed by atoms with van der Waals surface area (Å²) >= 11 is 0. The molecule has 0 fully saturated rings. The van der Waals surface area contributed by atoms with Crippen LogP contribution in [0.25, 0.3) is 0 Å². The van der Waals surface area contributed by atoms with Gasteiger partial charge in [0.2, 0.25) is 0 Å². The minimum Gasteiger partial charge on any atom is -0.0785 e. The van der Waals surface area contributed by atoms with Gasteiger partial charge in [0.05, 0.1) is 0 Å². The lowest BCUT2D eigenvalue weighted by molar-refractivity contribution is 0.786. The molecule has 0 nitrogen and oxygen atoms in total. The number of fused-ring (bicyclic) bond motifs is 1. The van der Waals surface area contributed by atoms with Gasteiger partial charge in [-0.2, -0.15) is 0 Å². The van der Waals surface area contributed by atoms with Gasteiger partial charge in [-0.15, -0.1) is 0 Å². The highest BCUT2D eigenvalue weighted by Gasteiger charge is 2.30. The molecule has 2 aliphatic rings. The van der Waals surface area contributed by atoms with Crippen LogP contribution in [0, 0.1) is 5.92 Å². The summed E-state index contributed by atoms with van der Waals surface area (Å²) in [6.07, 6.45) is 7.09. The van der Waals surface area contributed by atoms with Crippen molar-refractivity contribution in [2.45, 2.75) is 19.5 Å². The number of allylic oxidation sites excluding steroid dienone is 5. The second-order valence-electron chi connectivity index (χ2n) is 3.82. The van der Waals surface area contributed by atoms with Gasteiger partial charge in [-0.25, -0.2) is 0 Å². The Labute approximate surface area is 75.8 Å². The molecule has 0 bridgehead atoms. The molecule has 0 saturated carbocycles. The molecular formula is C11H15P. The highest BCUT2D eigenvalue weighted by molar-refractivity contribution is 7.61. The molecule has 0 aromatic carbocycles. The molecule has 12 heavy (non-hydrogen) atoms. The molecule has 0 aromatic rings. The first-order valence-electron chi connectivity index (χ1n) is 4.45. The van der Waals surface area contributed by atoms with E-state index in [1.165, 1.54) is 5.57 Å². The summed E-state index contributed by atoms with van der Waals surface area (Å²) in [7, 11) is 0.126. The first-order chi connectivity index (χ1) is 5.68. The van der Waals surface area contributed by atoms with Crippen LogP contribution in [0.3, 0.4) is 0 Å². The predicted octanol–water partition coefficient (Wildman–Crippen LogP) is 3.52. The van der Waals surface area contributed by atoms with Crippen LogP contribution in [-0.4, -0.2) is 12.3 Å². The zero-order chi connectivity index (χ0) is 8.72. The Morgan fingerprint density at radius 3 is 2.83 bits per heavy atom. The van der Waals surface area contributed by atoms with Crippen molar-refractivity contribution in [1.82, 2.24) is 0 Å². The summed E-state index contributed by atoms with van der Waals surface area (Å²) < 4.78 is 0. The Kier molecular flexibility index (Phi) is 1.96. The molecule has 64 valence electrons. The van der Waals surface area contributed by atoms with Crippen LogP contribution in [0.2, 0.25) is 0 Å². The molecule has 1 aliphatic carbocycles. The highest BCUT2D eigenvalue weighted by atomic mass is 31.1. The largest absolute Gasteiger partial charge is 0.0785 e. The van der Waals surface area contributed by atoms with E-state index in [0.717, 1.165) is 11.6 Å². The van der Waals surface area contributed by atoms with Gasteiger partial charge in [-0.3, -0.25) is 0 Å². The van der Waals surface area contributed by atoms with E-state index >= 15 is 0 Å². The van der Waals surface area contributed by atoms with Gasteiger partial charge in [-0.05, 0) is 20.5 Å². The number of rotatable bonds is 0. The van der Waals surface area contributed by atoms with Crippen LogP contribution in [0.1, 0.15) is 13.8 Å². The van der Waals surface area contributed by atoms with Crippen molar-refractivity contribution in [1.29, 1.82) is 0 Å². The summed E-state index contributed by atoms with van der Waals surface area (Å²) in [5.41, 5.74) is 3.82. The van der Waals surface area contributed by atoms with Gasteiger partial charge in [0.25, 0.3) is 0 Å². The Balaban J connectivity index is 2.32. The van der Waals surface area contributed by atoms with Crippen LogP contribution in [0.15, 0.2) is 35.2 Å². The predicted molar refractivity (Wildman–Crippen MR) is 56.8 cm³/mol. The first-order valence-corrected chi connectivity index (χ1v) is 6.38. The first kappa shape index (κ1) is 8.26. The van der Waals surface area contributed by atoms with Crippen molar-refractivity contribution in [3.63, 3.8) is 0 Å². The maximum absolute atomic E-state index is 2.48. The van der Waals surface area contributed by atoms with Crippen LogP contribution in [0.5, 0.6) is 0 Å². The van der Waals surface area contributed by atoms with Crippen molar-refractivity contribution in [3.05, 3.63) is 35.2 Å². The molecule has 0 saturated heterocycles. The van der Waals surface area contributed by atoms with Gasteiger partial charge in [-0.1, -0.05) is 43.1 Å². The maximum Gasteiger partial charge on any atom is 0.0106 e. The third-order valence-corrected chi connectivity index (χ3v) is 5.02. The van der Waals surface area contributed by atoms with E-state index in [1.807, 2.05) is 0 Å². The zero-order valence-electron chi connectivity index (χ0n) is 7.91. The van der Waals surface area contributed by atoms with E-state index in [-0.39, 0.29) is 7.92 Å². The average molecular weight is 178 g/mol. The molecule has 0 aromatic heterocycles. The normalized spacial score (nSPS) is 39.1. The fourth-order valence-corrected chi connectivity index (χ4v) is 4.26. The summed E-state index contributed by atoms with van der Waals surface area (Å²) in [6.45, 7) is 6.84. The average Bonchev–Trinajstić information content (AvgIpc) is 2.28. The quantitative estimate of drug-likeness (QED) is 0.498.